The molecule has 0 fully saturated rings. The van der Waals surface area contributed by atoms with Crippen molar-refractivity contribution in [1.82, 2.24) is 30.1 Å². The Balaban J connectivity index is 1.55. The van der Waals surface area contributed by atoms with Gasteiger partial charge in [0.15, 0.2) is 11.5 Å². The van der Waals surface area contributed by atoms with E-state index in [0.29, 0.717) is 33.8 Å². The van der Waals surface area contributed by atoms with E-state index >= 15 is 0 Å². The molecule has 0 aliphatic rings. The summed E-state index contributed by atoms with van der Waals surface area (Å²) in [6, 6.07) is 12.9. The molecule has 144 valence electrons. The number of pyridine rings is 2. The van der Waals surface area contributed by atoms with Gasteiger partial charge in [0, 0.05) is 51.6 Å². The predicted octanol–water partition coefficient (Wildman–Crippen LogP) is 5.43. The number of H-pyrrole nitrogens is 2. The fraction of sp³-hybridized carbons (Fsp3) is 0. The summed E-state index contributed by atoms with van der Waals surface area (Å²) in [5, 5.41) is 10.1. The van der Waals surface area contributed by atoms with Gasteiger partial charge in [-0.1, -0.05) is 12.1 Å². The van der Waals surface area contributed by atoms with Crippen LogP contribution >= 0.6 is 11.3 Å². The molecule has 6 rings (SSSR count). The Morgan fingerprint density at radius 3 is 2.80 bits per heavy atom. The zero-order chi connectivity index (χ0) is 20.1. The SMILES string of the molecule is Fc1cc2[nH]nc(-c3nc4nccc(-c5cccs5)c4[nH]3)c2cc1-c1cccnc1. The largest absolute Gasteiger partial charge is 0.335 e. The molecule has 5 aromatic heterocycles. The summed E-state index contributed by atoms with van der Waals surface area (Å²) in [5.74, 6) is 0.244. The van der Waals surface area contributed by atoms with Gasteiger partial charge in [-0.3, -0.25) is 10.1 Å². The molecule has 0 unspecified atom stereocenters. The first-order valence-corrected chi connectivity index (χ1v) is 10.1. The number of fused-ring (bicyclic) bond motifs is 2. The molecular formula is C22H13FN6S. The van der Waals surface area contributed by atoms with Gasteiger partial charge in [0.2, 0.25) is 0 Å². The molecule has 0 atom stereocenters. The van der Waals surface area contributed by atoms with E-state index in [1.165, 1.54) is 6.07 Å². The Labute approximate surface area is 173 Å². The van der Waals surface area contributed by atoms with E-state index in [0.717, 1.165) is 21.3 Å². The number of benzene rings is 1. The second-order valence-corrected chi connectivity index (χ2v) is 7.76. The van der Waals surface area contributed by atoms with Crippen molar-refractivity contribution in [3.05, 3.63) is 72.3 Å². The standard InChI is InChI=1S/C22H13FN6S/c23-16-10-17-15(9-14(16)12-3-1-6-24-11-12)20(29-28-17)22-26-19-13(18-4-2-8-30-18)5-7-25-21(19)27-22/h1-11H,(H,28,29)(H,25,26,27). The van der Waals surface area contributed by atoms with Crippen LogP contribution in [0.3, 0.4) is 0 Å². The first-order valence-electron chi connectivity index (χ1n) is 9.25. The van der Waals surface area contributed by atoms with Crippen molar-refractivity contribution >= 4 is 33.4 Å². The van der Waals surface area contributed by atoms with E-state index in [4.69, 9.17) is 0 Å². The zero-order valence-corrected chi connectivity index (χ0v) is 16.2. The number of nitrogens with zero attached hydrogens (tertiary/aromatic N) is 4. The molecule has 0 aliphatic heterocycles. The number of hydrogen-bond donors (Lipinski definition) is 2. The van der Waals surface area contributed by atoms with Gasteiger partial charge in [-0.05, 0) is 29.6 Å². The van der Waals surface area contributed by atoms with Gasteiger partial charge in [0.1, 0.15) is 11.5 Å². The van der Waals surface area contributed by atoms with Crippen molar-refractivity contribution < 1.29 is 4.39 Å². The highest BCUT2D eigenvalue weighted by molar-refractivity contribution is 7.13. The molecule has 1 aromatic carbocycles. The fourth-order valence-electron chi connectivity index (χ4n) is 3.62. The van der Waals surface area contributed by atoms with E-state index in [9.17, 15) is 4.39 Å². The minimum absolute atomic E-state index is 0.336. The van der Waals surface area contributed by atoms with E-state index in [2.05, 4.69) is 36.2 Å². The topological polar surface area (TPSA) is 83.1 Å². The fourth-order valence-corrected chi connectivity index (χ4v) is 4.38. The molecule has 0 saturated carbocycles. The van der Waals surface area contributed by atoms with Crippen molar-refractivity contribution in [2.75, 3.05) is 0 Å². The molecule has 5 heterocycles. The lowest BCUT2D eigenvalue weighted by Crippen LogP contribution is -1.87. The maximum Gasteiger partial charge on any atom is 0.178 e. The van der Waals surface area contributed by atoms with Crippen LogP contribution in [0.4, 0.5) is 4.39 Å². The summed E-state index contributed by atoms with van der Waals surface area (Å²) >= 11 is 1.66. The lowest BCUT2D eigenvalue weighted by atomic mass is 10.0. The van der Waals surface area contributed by atoms with Gasteiger partial charge in [-0.2, -0.15) is 5.10 Å². The third kappa shape index (κ3) is 2.61. The molecule has 8 heteroatoms. The highest BCUT2D eigenvalue weighted by Gasteiger charge is 2.18. The summed E-state index contributed by atoms with van der Waals surface area (Å²) in [6.07, 6.45) is 5.05. The van der Waals surface area contributed by atoms with Gasteiger partial charge in [0.25, 0.3) is 0 Å². The van der Waals surface area contributed by atoms with Gasteiger partial charge >= 0.3 is 0 Å². The number of aromatic nitrogens is 6. The van der Waals surface area contributed by atoms with E-state index in [1.807, 2.05) is 23.6 Å². The van der Waals surface area contributed by atoms with Crippen molar-refractivity contribution in [3.63, 3.8) is 0 Å². The van der Waals surface area contributed by atoms with Crippen LogP contribution in [0, 0.1) is 5.82 Å². The average Bonchev–Trinajstić information content (AvgIpc) is 3.52. The highest BCUT2D eigenvalue weighted by Crippen LogP contribution is 2.34. The maximum atomic E-state index is 14.7. The molecule has 0 amide bonds. The average molecular weight is 412 g/mol. The quantitative estimate of drug-likeness (QED) is 0.406. The summed E-state index contributed by atoms with van der Waals surface area (Å²) in [5.41, 5.74) is 4.88. The van der Waals surface area contributed by atoms with E-state index in [-0.39, 0.29) is 5.82 Å². The van der Waals surface area contributed by atoms with Crippen molar-refractivity contribution in [1.29, 1.82) is 0 Å². The van der Waals surface area contributed by atoms with Crippen LogP contribution in [0.15, 0.2) is 66.4 Å². The minimum atomic E-state index is -0.336. The molecule has 0 bridgehead atoms. The van der Waals surface area contributed by atoms with E-state index < -0.39 is 0 Å². The molecule has 0 spiro atoms. The molecular weight excluding hydrogens is 399 g/mol. The molecule has 6 aromatic rings. The minimum Gasteiger partial charge on any atom is -0.335 e. The lowest BCUT2D eigenvalue weighted by molar-refractivity contribution is 0.632. The van der Waals surface area contributed by atoms with Gasteiger partial charge < -0.3 is 4.98 Å². The second kappa shape index (κ2) is 6.57. The maximum absolute atomic E-state index is 14.7. The van der Waals surface area contributed by atoms with Crippen molar-refractivity contribution in [3.8, 4) is 33.1 Å². The number of nitrogens with one attached hydrogen (secondary N) is 2. The lowest BCUT2D eigenvalue weighted by Gasteiger charge is -2.03. The van der Waals surface area contributed by atoms with E-state index in [1.54, 1.807) is 42.1 Å². The van der Waals surface area contributed by atoms with Gasteiger partial charge in [-0.25, -0.2) is 14.4 Å². The summed E-state index contributed by atoms with van der Waals surface area (Å²) in [6.45, 7) is 0. The summed E-state index contributed by atoms with van der Waals surface area (Å²) < 4.78 is 14.7. The molecule has 0 saturated heterocycles. The first-order chi connectivity index (χ1) is 14.8. The van der Waals surface area contributed by atoms with Gasteiger partial charge in [0.05, 0.1) is 11.0 Å². The van der Waals surface area contributed by atoms with Crippen LogP contribution in [0.2, 0.25) is 0 Å². The Morgan fingerprint density at radius 1 is 1.00 bits per heavy atom. The smallest absolute Gasteiger partial charge is 0.178 e. The zero-order valence-electron chi connectivity index (χ0n) is 15.4. The van der Waals surface area contributed by atoms with Crippen LogP contribution in [-0.4, -0.2) is 30.1 Å². The third-order valence-corrected chi connectivity index (χ3v) is 5.93. The number of halogens is 1. The Morgan fingerprint density at radius 2 is 1.97 bits per heavy atom. The monoisotopic (exact) mass is 412 g/mol. The number of rotatable bonds is 3. The first kappa shape index (κ1) is 17.0. The summed E-state index contributed by atoms with van der Waals surface area (Å²) in [7, 11) is 0. The Bertz CT molecular complexity index is 1500. The third-order valence-electron chi connectivity index (χ3n) is 5.03. The molecule has 30 heavy (non-hydrogen) atoms. The van der Waals surface area contributed by atoms with Gasteiger partial charge in [-0.15, -0.1) is 11.3 Å². The Hall–Kier alpha value is -3.91. The molecule has 2 N–H and O–H groups in total. The molecule has 0 aliphatic carbocycles. The highest BCUT2D eigenvalue weighted by atomic mass is 32.1. The van der Waals surface area contributed by atoms with Crippen LogP contribution < -0.4 is 0 Å². The van der Waals surface area contributed by atoms with Crippen LogP contribution in [0.1, 0.15) is 0 Å². The van der Waals surface area contributed by atoms with Crippen LogP contribution in [0.25, 0.3) is 55.2 Å². The normalized spacial score (nSPS) is 11.5. The molecule has 6 nitrogen and oxygen atoms in total. The molecule has 0 radical (unpaired) electrons. The number of aromatic amines is 2. The Kier molecular flexibility index (Phi) is 3.72. The number of thiophene rings is 1. The predicted molar refractivity (Wildman–Crippen MR) is 115 cm³/mol. The van der Waals surface area contributed by atoms with Crippen molar-refractivity contribution in [2.45, 2.75) is 0 Å². The number of hydrogen-bond acceptors (Lipinski definition) is 5. The van der Waals surface area contributed by atoms with Crippen molar-refractivity contribution in [2.24, 2.45) is 0 Å². The number of imidazole rings is 1. The van der Waals surface area contributed by atoms with Crippen LogP contribution in [0.5, 0.6) is 0 Å². The summed E-state index contributed by atoms with van der Waals surface area (Å²) in [4.78, 5) is 17.6. The van der Waals surface area contributed by atoms with Crippen LogP contribution in [-0.2, 0) is 0 Å². The second-order valence-electron chi connectivity index (χ2n) is 6.81.